The molecule has 6 aromatic carbocycles. The monoisotopic (exact) mass is 998 g/mol. The van der Waals surface area contributed by atoms with Gasteiger partial charge < -0.3 is 70.4 Å². The first-order valence-electron chi connectivity index (χ1n) is 20.8. The van der Waals surface area contributed by atoms with Crippen LogP contribution in [0, 0.1) is 0 Å². The minimum Gasteiger partial charge on any atom is -0.493 e. The third-order valence-electron chi connectivity index (χ3n) is 9.86. The number of azo groups is 3. The lowest BCUT2D eigenvalue weighted by molar-refractivity contribution is 0.278. The second kappa shape index (κ2) is 24.1. The Labute approximate surface area is 409 Å². The molecule has 6 aromatic rings. The van der Waals surface area contributed by atoms with Crippen molar-refractivity contribution in [3.8, 4) is 86.2 Å². The Morgan fingerprint density at radius 1 is 0.254 bits per heavy atom. The van der Waals surface area contributed by atoms with Gasteiger partial charge in [-0.05, 0) is 36.4 Å². The lowest BCUT2D eigenvalue weighted by atomic mass is 10.2. The number of hydrogen-bond donors (Lipinski definition) is 0. The van der Waals surface area contributed by atoms with E-state index in [9.17, 15) is 0 Å². The molecule has 0 aliphatic carbocycles. The molecule has 0 saturated heterocycles. The van der Waals surface area contributed by atoms with Crippen LogP contribution in [0.15, 0.2) is 122 Å². The van der Waals surface area contributed by atoms with E-state index < -0.39 is 7.82 Å². The molecular formula is C48H51N6O16P. The van der Waals surface area contributed by atoms with Crippen LogP contribution < -0.4 is 70.4 Å². The fourth-order valence-corrected chi connectivity index (χ4v) is 7.80. The van der Waals surface area contributed by atoms with Crippen LogP contribution in [-0.4, -0.2) is 85.3 Å². The fourth-order valence-electron chi connectivity index (χ4n) is 6.54. The highest BCUT2D eigenvalue weighted by molar-refractivity contribution is 7.49. The zero-order valence-corrected chi connectivity index (χ0v) is 41.7. The highest BCUT2D eigenvalue weighted by Gasteiger charge is 2.37. The molecule has 0 N–H and O–H groups in total. The average Bonchev–Trinajstić information content (AvgIpc) is 3.40. The molecule has 0 heterocycles. The van der Waals surface area contributed by atoms with Crippen LogP contribution in [0.2, 0.25) is 0 Å². The van der Waals surface area contributed by atoms with Crippen LogP contribution in [-0.2, 0) is 4.57 Å². The predicted octanol–water partition coefficient (Wildman–Crippen LogP) is 12.7. The number of benzene rings is 6. The fraction of sp³-hybridized carbons (Fsp3) is 0.250. The standard InChI is InChI=1S/C48H51N6O16P/c1-56-34-16-13-28(49-52-31-22-40(59-4)46(65-10)41(23-31)60-5)19-37(34)68-71(55,69-38-20-29(14-17-35(38)57-2)50-53-32-24-42(61-6)47(66-11)43(25-32)62-7)70-39-21-30(15-18-36(39)58-3)51-54-33-26-44(63-8)48(67-12)45(27-33)64-9/h13-27H,1-12H3/b52-49+,53-50+,54-51+. The van der Waals surface area contributed by atoms with Gasteiger partial charge in [-0.3, -0.25) is 0 Å². The Balaban J connectivity index is 1.43. The smallest absolute Gasteiger partial charge is 0.493 e. The van der Waals surface area contributed by atoms with Crippen molar-refractivity contribution >= 4 is 41.9 Å². The van der Waals surface area contributed by atoms with Crippen molar-refractivity contribution in [2.75, 3.05) is 85.3 Å². The molecule has 374 valence electrons. The van der Waals surface area contributed by atoms with Crippen LogP contribution in [0.1, 0.15) is 0 Å². The molecule has 0 bridgehead atoms. The van der Waals surface area contributed by atoms with Gasteiger partial charge in [0.15, 0.2) is 69.0 Å². The second-order valence-electron chi connectivity index (χ2n) is 14.0. The van der Waals surface area contributed by atoms with Gasteiger partial charge in [0.05, 0.1) is 119 Å². The Kier molecular flexibility index (Phi) is 17.5. The maximum atomic E-state index is 15.5. The Morgan fingerprint density at radius 3 is 0.648 bits per heavy atom. The molecule has 0 amide bonds. The van der Waals surface area contributed by atoms with Crippen molar-refractivity contribution in [2.45, 2.75) is 0 Å². The average molecular weight is 999 g/mol. The van der Waals surface area contributed by atoms with Gasteiger partial charge in [0.25, 0.3) is 0 Å². The van der Waals surface area contributed by atoms with Gasteiger partial charge in [0, 0.05) is 54.6 Å². The first-order valence-corrected chi connectivity index (χ1v) is 22.3. The van der Waals surface area contributed by atoms with Crippen LogP contribution >= 0.6 is 7.82 Å². The molecule has 0 fully saturated rings. The van der Waals surface area contributed by atoms with Crippen molar-refractivity contribution < 1.29 is 75.0 Å². The van der Waals surface area contributed by atoms with Crippen LogP contribution in [0.3, 0.4) is 0 Å². The van der Waals surface area contributed by atoms with Gasteiger partial charge in [-0.25, -0.2) is 0 Å². The molecule has 0 aliphatic heterocycles. The number of rotatable bonds is 24. The van der Waals surface area contributed by atoms with Gasteiger partial charge in [-0.2, -0.15) is 35.3 Å². The molecule has 0 radical (unpaired) electrons. The zero-order chi connectivity index (χ0) is 51.1. The van der Waals surface area contributed by atoms with E-state index in [2.05, 4.69) is 30.7 Å². The van der Waals surface area contributed by atoms with Crippen LogP contribution in [0.4, 0.5) is 34.1 Å². The van der Waals surface area contributed by atoms with E-state index in [1.165, 1.54) is 122 Å². The van der Waals surface area contributed by atoms with Crippen molar-refractivity contribution in [2.24, 2.45) is 30.7 Å². The topological polar surface area (TPSA) is 230 Å². The van der Waals surface area contributed by atoms with Crippen molar-refractivity contribution in [3.05, 3.63) is 91.0 Å². The highest BCUT2D eigenvalue weighted by Crippen LogP contribution is 2.56. The Hall–Kier alpha value is -8.65. The lowest BCUT2D eigenvalue weighted by Gasteiger charge is -2.22. The lowest BCUT2D eigenvalue weighted by Crippen LogP contribution is -2.09. The van der Waals surface area contributed by atoms with E-state index in [-0.39, 0.29) is 51.6 Å². The summed E-state index contributed by atoms with van der Waals surface area (Å²) in [4.78, 5) is 0. The maximum Gasteiger partial charge on any atom is 0.647 e. The zero-order valence-electron chi connectivity index (χ0n) is 40.8. The molecule has 0 aliphatic rings. The quantitative estimate of drug-likeness (QED) is 0.0405. The van der Waals surface area contributed by atoms with E-state index >= 15 is 4.57 Å². The molecule has 22 nitrogen and oxygen atoms in total. The third kappa shape index (κ3) is 12.3. The summed E-state index contributed by atoms with van der Waals surface area (Å²) in [6.07, 6.45) is 0. The van der Waals surface area contributed by atoms with Crippen molar-refractivity contribution in [3.63, 3.8) is 0 Å². The number of methoxy groups -OCH3 is 12. The number of nitrogens with zero attached hydrogens (tertiary/aromatic N) is 6. The second-order valence-corrected chi connectivity index (χ2v) is 15.4. The number of ether oxygens (including phenoxy) is 12. The molecule has 0 saturated carbocycles. The first kappa shape index (κ1) is 51.7. The summed E-state index contributed by atoms with van der Waals surface area (Å²) in [7, 11) is 12.5. The van der Waals surface area contributed by atoms with E-state index in [1.54, 1.807) is 54.6 Å². The molecule has 23 heteroatoms. The van der Waals surface area contributed by atoms with Crippen molar-refractivity contribution in [1.82, 2.24) is 0 Å². The summed E-state index contributed by atoms with van der Waals surface area (Å²) in [6, 6.07) is 23.3. The van der Waals surface area contributed by atoms with E-state index in [1.807, 2.05) is 0 Å². The predicted molar refractivity (Wildman–Crippen MR) is 259 cm³/mol. The SMILES string of the molecule is COc1ccc(/N=N/c2cc(OC)c(OC)c(OC)c2)cc1OP(=O)(Oc1cc(/N=N/c2cc(OC)c(OC)c(OC)c2)ccc1OC)Oc1cc(/N=N/c2cc(OC)c(OC)c(OC)c2)ccc1OC. The van der Waals surface area contributed by atoms with Gasteiger partial charge >= 0.3 is 7.82 Å². The molecule has 0 atom stereocenters. The molecule has 0 aromatic heterocycles. The Morgan fingerprint density at radius 2 is 0.451 bits per heavy atom. The summed E-state index contributed by atoms with van der Waals surface area (Å²) in [5.41, 5.74) is 1.79. The third-order valence-corrected chi connectivity index (χ3v) is 11.1. The van der Waals surface area contributed by atoms with E-state index in [0.29, 0.717) is 68.8 Å². The van der Waals surface area contributed by atoms with Gasteiger partial charge in [0.1, 0.15) is 0 Å². The summed E-state index contributed by atoms with van der Waals surface area (Å²) < 4.78 is 100. The Bertz CT molecular complexity index is 2580. The van der Waals surface area contributed by atoms with Gasteiger partial charge in [0.2, 0.25) is 17.2 Å². The summed E-state index contributed by atoms with van der Waals surface area (Å²) in [6.45, 7) is 0. The minimum absolute atomic E-state index is 0.115. The number of phosphoric acid groups is 1. The molecule has 0 spiro atoms. The number of hydrogen-bond acceptors (Lipinski definition) is 22. The summed E-state index contributed by atoms with van der Waals surface area (Å²) in [5.74, 6) is 3.23. The summed E-state index contributed by atoms with van der Waals surface area (Å²) >= 11 is 0. The number of phosphoric ester groups is 1. The van der Waals surface area contributed by atoms with Crippen molar-refractivity contribution in [1.29, 1.82) is 0 Å². The first-order chi connectivity index (χ1) is 34.4. The van der Waals surface area contributed by atoms with E-state index in [4.69, 9.17) is 70.4 Å². The molecule has 6 rings (SSSR count). The molecular weight excluding hydrogens is 948 g/mol. The molecule has 71 heavy (non-hydrogen) atoms. The largest absolute Gasteiger partial charge is 0.647 e. The van der Waals surface area contributed by atoms with Gasteiger partial charge in [-0.15, -0.1) is 0 Å². The van der Waals surface area contributed by atoms with Crippen LogP contribution in [0.25, 0.3) is 0 Å². The minimum atomic E-state index is -4.99. The normalized spacial score (nSPS) is 11.3. The molecule has 0 unspecified atom stereocenters. The van der Waals surface area contributed by atoms with E-state index in [0.717, 1.165) is 0 Å². The van der Waals surface area contributed by atoms with Crippen LogP contribution in [0.5, 0.6) is 86.2 Å². The van der Waals surface area contributed by atoms with Gasteiger partial charge in [-0.1, -0.05) is 0 Å². The maximum absolute atomic E-state index is 15.5. The highest BCUT2D eigenvalue weighted by atomic mass is 31.2. The summed E-state index contributed by atoms with van der Waals surface area (Å²) in [5, 5.41) is 26.2.